The minimum absolute atomic E-state index is 0.142. The van der Waals surface area contributed by atoms with Gasteiger partial charge in [-0.15, -0.1) is 0 Å². The monoisotopic (exact) mass is 309 g/mol. The molecule has 1 aliphatic rings. The maximum absolute atomic E-state index is 12.6. The average Bonchev–Trinajstić information content (AvgIpc) is 2.78. The summed E-state index contributed by atoms with van der Waals surface area (Å²) in [6, 6.07) is 8.69. The Morgan fingerprint density at radius 2 is 1.89 bits per heavy atom. The molecule has 0 saturated heterocycles. The molecule has 0 aliphatic heterocycles. The van der Waals surface area contributed by atoms with Gasteiger partial charge in [-0.2, -0.15) is 0 Å². The molecule has 1 amide bonds. The molecule has 0 spiro atoms. The number of alkyl halides is 1. The van der Waals surface area contributed by atoms with Crippen LogP contribution in [0, 0.1) is 5.92 Å². The highest BCUT2D eigenvalue weighted by atomic mass is 79.9. The second kappa shape index (κ2) is 5.87. The molecule has 0 fully saturated rings. The first-order valence-electron chi connectivity index (χ1n) is 6.56. The van der Waals surface area contributed by atoms with Gasteiger partial charge in [0.1, 0.15) is 0 Å². The van der Waals surface area contributed by atoms with E-state index in [0.717, 1.165) is 24.7 Å². The van der Waals surface area contributed by atoms with Crippen molar-refractivity contribution in [1.82, 2.24) is 4.90 Å². The molecular formula is C15H20BrNO. The number of amides is 1. The number of hydrogen-bond donors (Lipinski definition) is 0. The standard InChI is InChI=1S/C15H20BrNO/c1-11(2)17(8-7-16)15(18)14-9-12-5-3-4-6-13(12)10-14/h3-6,11,14H,7-10H2,1-2H3. The summed E-state index contributed by atoms with van der Waals surface area (Å²) in [7, 11) is 0. The Hall–Kier alpha value is -0.830. The Labute approximate surface area is 117 Å². The van der Waals surface area contributed by atoms with Gasteiger partial charge in [-0.1, -0.05) is 40.2 Å². The highest BCUT2D eigenvalue weighted by Crippen LogP contribution is 2.28. The van der Waals surface area contributed by atoms with Gasteiger partial charge in [0.15, 0.2) is 0 Å². The van der Waals surface area contributed by atoms with E-state index in [1.54, 1.807) is 0 Å². The van der Waals surface area contributed by atoms with Gasteiger partial charge in [-0.3, -0.25) is 4.79 Å². The Bertz CT molecular complexity index is 405. The molecule has 98 valence electrons. The van der Waals surface area contributed by atoms with Gasteiger partial charge in [0.05, 0.1) is 0 Å². The maximum atomic E-state index is 12.6. The van der Waals surface area contributed by atoms with Crippen molar-refractivity contribution >= 4 is 21.8 Å². The molecule has 3 heteroatoms. The van der Waals surface area contributed by atoms with Crippen LogP contribution in [-0.4, -0.2) is 28.7 Å². The van der Waals surface area contributed by atoms with E-state index in [1.807, 2.05) is 4.90 Å². The van der Waals surface area contributed by atoms with Crippen LogP contribution < -0.4 is 0 Å². The lowest BCUT2D eigenvalue weighted by atomic mass is 10.0. The van der Waals surface area contributed by atoms with E-state index >= 15 is 0 Å². The van der Waals surface area contributed by atoms with E-state index in [0.29, 0.717) is 5.91 Å². The molecule has 0 unspecified atom stereocenters. The van der Waals surface area contributed by atoms with Gasteiger partial charge >= 0.3 is 0 Å². The summed E-state index contributed by atoms with van der Waals surface area (Å²) in [5, 5.41) is 0.844. The number of fused-ring (bicyclic) bond motifs is 1. The summed E-state index contributed by atoms with van der Waals surface area (Å²) in [5.74, 6) is 0.449. The third-order valence-electron chi connectivity index (χ3n) is 3.63. The summed E-state index contributed by atoms with van der Waals surface area (Å²) in [6.07, 6.45) is 1.81. The number of carbonyl (C=O) groups excluding carboxylic acids is 1. The molecule has 1 aromatic rings. The van der Waals surface area contributed by atoms with Crippen LogP contribution >= 0.6 is 15.9 Å². The molecule has 2 nitrogen and oxygen atoms in total. The Kier molecular flexibility index (Phi) is 4.44. The van der Waals surface area contributed by atoms with E-state index in [1.165, 1.54) is 11.1 Å². The minimum atomic E-state index is 0.142. The van der Waals surface area contributed by atoms with Crippen LogP contribution in [0.15, 0.2) is 24.3 Å². The number of rotatable bonds is 4. The number of benzene rings is 1. The predicted molar refractivity (Wildman–Crippen MR) is 78.0 cm³/mol. The molecule has 1 aliphatic carbocycles. The zero-order valence-corrected chi connectivity index (χ0v) is 12.6. The Morgan fingerprint density at radius 1 is 1.33 bits per heavy atom. The van der Waals surface area contributed by atoms with Crippen LogP contribution in [0.25, 0.3) is 0 Å². The molecule has 0 radical (unpaired) electrons. The van der Waals surface area contributed by atoms with Crippen LogP contribution in [-0.2, 0) is 17.6 Å². The van der Waals surface area contributed by atoms with Crippen molar-refractivity contribution < 1.29 is 4.79 Å². The van der Waals surface area contributed by atoms with Gasteiger partial charge in [0, 0.05) is 23.8 Å². The van der Waals surface area contributed by atoms with Gasteiger partial charge in [-0.05, 0) is 37.8 Å². The Morgan fingerprint density at radius 3 is 2.33 bits per heavy atom. The second-order valence-electron chi connectivity index (χ2n) is 5.19. The lowest BCUT2D eigenvalue weighted by Crippen LogP contribution is -2.42. The average molecular weight is 310 g/mol. The first-order chi connectivity index (χ1) is 8.63. The van der Waals surface area contributed by atoms with Crippen molar-refractivity contribution in [3.8, 4) is 0 Å². The van der Waals surface area contributed by atoms with Gasteiger partial charge in [-0.25, -0.2) is 0 Å². The molecule has 1 aromatic carbocycles. The van der Waals surface area contributed by atoms with E-state index in [4.69, 9.17) is 0 Å². The number of carbonyl (C=O) groups is 1. The van der Waals surface area contributed by atoms with Crippen LogP contribution in [0.2, 0.25) is 0 Å². The summed E-state index contributed by atoms with van der Waals surface area (Å²) in [4.78, 5) is 14.5. The summed E-state index contributed by atoms with van der Waals surface area (Å²) < 4.78 is 0. The zero-order valence-electron chi connectivity index (χ0n) is 11.0. The third-order valence-corrected chi connectivity index (χ3v) is 3.99. The van der Waals surface area contributed by atoms with E-state index in [2.05, 4.69) is 54.0 Å². The van der Waals surface area contributed by atoms with Crippen LogP contribution in [0.3, 0.4) is 0 Å². The molecule has 0 aromatic heterocycles. The van der Waals surface area contributed by atoms with Crippen LogP contribution in [0.5, 0.6) is 0 Å². The van der Waals surface area contributed by atoms with E-state index in [9.17, 15) is 4.79 Å². The second-order valence-corrected chi connectivity index (χ2v) is 5.98. The lowest BCUT2D eigenvalue weighted by molar-refractivity contribution is -0.136. The molecule has 0 saturated carbocycles. The first kappa shape index (κ1) is 13.6. The molecular weight excluding hydrogens is 290 g/mol. The van der Waals surface area contributed by atoms with Gasteiger partial charge in [0.2, 0.25) is 5.91 Å². The fraction of sp³-hybridized carbons (Fsp3) is 0.533. The summed E-state index contributed by atoms with van der Waals surface area (Å²) >= 11 is 3.43. The number of halogens is 1. The topological polar surface area (TPSA) is 20.3 Å². The molecule has 2 rings (SSSR count). The fourth-order valence-electron chi connectivity index (χ4n) is 2.68. The molecule has 0 bridgehead atoms. The van der Waals surface area contributed by atoms with E-state index < -0.39 is 0 Å². The smallest absolute Gasteiger partial charge is 0.226 e. The summed E-state index contributed by atoms with van der Waals surface area (Å²) in [5.41, 5.74) is 2.69. The van der Waals surface area contributed by atoms with Crippen molar-refractivity contribution in [2.45, 2.75) is 32.7 Å². The first-order valence-corrected chi connectivity index (χ1v) is 7.69. The quantitative estimate of drug-likeness (QED) is 0.783. The van der Waals surface area contributed by atoms with Crippen molar-refractivity contribution in [2.24, 2.45) is 5.92 Å². The van der Waals surface area contributed by atoms with Crippen molar-refractivity contribution in [3.05, 3.63) is 35.4 Å². The highest BCUT2D eigenvalue weighted by molar-refractivity contribution is 9.09. The van der Waals surface area contributed by atoms with Crippen molar-refractivity contribution in [3.63, 3.8) is 0 Å². The normalized spacial score (nSPS) is 14.9. The largest absolute Gasteiger partial charge is 0.339 e. The Balaban J connectivity index is 2.08. The SMILES string of the molecule is CC(C)N(CCBr)C(=O)C1Cc2ccccc2C1. The van der Waals surface area contributed by atoms with Crippen LogP contribution in [0.4, 0.5) is 0 Å². The van der Waals surface area contributed by atoms with Crippen LogP contribution in [0.1, 0.15) is 25.0 Å². The van der Waals surface area contributed by atoms with E-state index in [-0.39, 0.29) is 12.0 Å². The highest BCUT2D eigenvalue weighted by Gasteiger charge is 2.31. The molecule has 18 heavy (non-hydrogen) atoms. The van der Waals surface area contributed by atoms with Gasteiger partial charge in [0.25, 0.3) is 0 Å². The zero-order chi connectivity index (χ0) is 13.1. The van der Waals surface area contributed by atoms with Gasteiger partial charge < -0.3 is 4.90 Å². The van der Waals surface area contributed by atoms with Crippen molar-refractivity contribution in [2.75, 3.05) is 11.9 Å². The molecule has 0 heterocycles. The third kappa shape index (κ3) is 2.77. The maximum Gasteiger partial charge on any atom is 0.226 e. The van der Waals surface area contributed by atoms with Crippen molar-refractivity contribution in [1.29, 1.82) is 0 Å². The molecule has 0 atom stereocenters. The summed E-state index contributed by atoms with van der Waals surface area (Å²) in [6.45, 7) is 4.97. The predicted octanol–water partition coefficient (Wildman–Crippen LogP) is 3.03. The fourth-order valence-corrected chi connectivity index (χ4v) is 3.06. The number of nitrogens with zero attached hydrogens (tertiary/aromatic N) is 1. The lowest BCUT2D eigenvalue weighted by Gasteiger charge is -2.28. The number of hydrogen-bond acceptors (Lipinski definition) is 1. The molecule has 0 N–H and O–H groups in total. The minimum Gasteiger partial charge on any atom is -0.339 e.